The second-order valence-corrected chi connectivity index (χ2v) is 11.1. The molecular weight excluding hydrogens is 683 g/mol. The monoisotopic (exact) mass is 710 g/mol. The molecule has 0 amide bonds. The summed E-state index contributed by atoms with van der Waals surface area (Å²) in [6.07, 6.45) is 7.74. The minimum atomic E-state index is 0. The van der Waals surface area contributed by atoms with Crippen molar-refractivity contribution in [3.05, 3.63) is 183 Å². The van der Waals surface area contributed by atoms with Crippen LogP contribution in [0.2, 0.25) is 0 Å². The molecule has 5 nitrogen and oxygen atoms in total. The third kappa shape index (κ3) is 6.68. The van der Waals surface area contributed by atoms with Gasteiger partial charge >= 0.3 is 20.4 Å². The number of benzene rings is 6. The predicted octanol–water partition coefficient (Wildman–Crippen LogP) is 10.1. The maximum atomic E-state index is 6.20. The van der Waals surface area contributed by atoms with Crippen LogP contribution < -0.4 is 4.74 Å². The molecule has 0 spiro atoms. The Kier molecular flexibility index (Phi) is 8.93. The van der Waals surface area contributed by atoms with Crippen molar-refractivity contribution in [1.82, 2.24) is 19.6 Å². The van der Waals surface area contributed by atoms with Crippen LogP contribution in [-0.2, 0) is 20.4 Å². The van der Waals surface area contributed by atoms with Crippen LogP contribution in [0.25, 0.3) is 55.9 Å². The first kappa shape index (κ1) is 30.8. The Bertz CT molecular complexity index is 2100. The first-order valence-electron chi connectivity index (χ1n) is 15.4. The second kappa shape index (κ2) is 13.9. The molecule has 48 heavy (non-hydrogen) atoms. The van der Waals surface area contributed by atoms with Gasteiger partial charge in [-0.3, -0.25) is 9.36 Å². The van der Waals surface area contributed by atoms with Crippen molar-refractivity contribution in [2.45, 2.75) is 0 Å². The SMILES string of the molecule is [Pd+2].[c-]1c(Oc2[c-]c(-n3cc(-c4ccc(-c5ccccc5)cc4)cn3)ccc2)cccc1-n1cc(-c2ccc(-c3ccccc3)cc2)cn1. The van der Waals surface area contributed by atoms with Gasteiger partial charge in [0, 0.05) is 35.0 Å². The second-order valence-electron chi connectivity index (χ2n) is 11.1. The molecule has 6 aromatic carbocycles. The first-order chi connectivity index (χ1) is 23.2. The maximum Gasteiger partial charge on any atom is 2.00 e. The van der Waals surface area contributed by atoms with Crippen molar-refractivity contribution in [2.24, 2.45) is 0 Å². The van der Waals surface area contributed by atoms with Crippen molar-refractivity contribution < 1.29 is 25.2 Å². The summed E-state index contributed by atoms with van der Waals surface area (Å²) in [6, 6.07) is 56.0. The molecule has 0 aliphatic rings. The standard InChI is InChI=1S/C42H28N4O.Pd/c1-3-9-31(10-4-1)33-17-21-35(22-18-33)37-27-43-45(29-37)39-13-7-15-41(25-39)47-42-16-8-14-40(26-42)46-30-38(28-44-46)36-23-19-34(20-24-36)32-11-5-2-6-12-32;/h1-24,27-30H;/q-2;+2. The average molecular weight is 711 g/mol. The largest absolute Gasteiger partial charge is 2.00 e. The van der Waals surface area contributed by atoms with E-state index in [1.165, 1.54) is 22.3 Å². The zero-order chi connectivity index (χ0) is 31.4. The van der Waals surface area contributed by atoms with Gasteiger partial charge in [0.15, 0.2) is 0 Å². The third-order valence-electron chi connectivity index (χ3n) is 8.04. The average Bonchev–Trinajstić information content (AvgIpc) is 3.85. The van der Waals surface area contributed by atoms with Crippen molar-refractivity contribution in [3.8, 4) is 67.4 Å². The molecule has 0 fully saturated rings. The number of aromatic nitrogens is 4. The summed E-state index contributed by atoms with van der Waals surface area (Å²) in [7, 11) is 0. The summed E-state index contributed by atoms with van der Waals surface area (Å²) in [5.74, 6) is 1.14. The van der Waals surface area contributed by atoms with E-state index in [1.54, 1.807) is 0 Å². The van der Waals surface area contributed by atoms with Gasteiger partial charge in [-0.25, -0.2) is 0 Å². The summed E-state index contributed by atoms with van der Waals surface area (Å²) >= 11 is 0. The van der Waals surface area contributed by atoms with E-state index in [2.05, 4.69) is 119 Å². The molecule has 0 radical (unpaired) electrons. The minimum absolute atomic E-state index is 0. The van der Waals surface area contributed by atoms with Gasteiger partial charge in [0.05, 0.1) is 12.4 Å². The van der Waals surface area contributed by atoms with Gasteiger partial charge in [-0.1, -0.05) is 109 Å². The Labute approximate surface area is 293 Å². The fourth-order valence-electron chi connectivity index (χ4n) is 5.56. The predicted molar refractivity (Wildman–Crippen MR) is 187 cm³/mol. The number of nitrogens with zero attached hydrogens (tertiary/aromatic N) is 4. The number of rotatable bonds is 8. The van der Waals surface area contributed by atoms with Gasteiger partial charge in [0.1, 0.15) is 0 Å². The first-order valence-corrected chi connectivity index (χ1v) is 15.4. The number of hydrogen-bond donors (Lipinski definition) is 0. The molecular formula is C42H28N4OPd. The molecule has 0 unspecified atom stereocenters. The van der Waals surface area contributed by atoms with Crippen LogP contribution in [0.15, 0.2) is 170 Å². The number of hydrogen-bond acceptors (Lipinski definition) is 3. The summed E-state index contributed by atoms with van der Waals surface area (Å²) in [6.45, 7) is 0. The van der Waals surface area contributed by atoms with Crippen molar-refractivity contribution in [3.63, 3.8) is 0 Å². The van der Waals surface area contributed by atoms with Gasteiger partial charge in [0.25, 0.3) is 0 Å². The molecule has 232 valence electrons. The normalized spacial score (nSPS) is 10.8. The summed E-state index contributed by atoms with van der Waals surface area (Å²) in [5, 5.41) is 9.21. The van der Waals surface area contributed by atoms with Crippen LogP contribution in [0, 0.1) is 12.1 Å². The molecule has 0 saturated heterocycles. The van der Waals surface area contributed by atoms with Crippen molar-refractivity contribution in [2.75, 3.05) is 0 Å². The molecule has 8 rings (SSSR count). The quantitative estimate of drug-likeness (QED) is 0.117. The molecule has 0 bridgehead atoms. The van der Waals surface area contributed by atoms with E-state index < -0.39 is 0 Å². The molecule has 2 aromatic heterocycles. The maximum absolute atomic E-state index is 6.20. The summed E-state index contributed by atoms with van der Waals surface area (Å²) in [4.78, 5) is 0. The molecule has 0 atom stereocenters. The molecule has 0 N–H and O–H groups in total. The van der Waals surface area contributed by atoms with E-state index >= 15 is 0 Å². The van der Waals surface area contributed by atoms with Crippen LogP contribution in [-0.4, -0.2) is 19.6 Å². The van der Waals surface area contributed by atoms with Gasteiger partial charge in [0.2, 0.25) is 0 Å². The molecule has 8 aromatic rings. The van der Waals surface area contributed by atoms with Gasteiger partial charge in [-0.2, -0.15) is 22.3 Å². The van der Waals surface area contributed by atoms with E-state index in [9.17, 15) is 0 Å². The molecule has 0 aliphatic carbocycles. The fourth-order valence-corrected chi connectivity index (χ4v) is 5.56. The van der Waals surface area contributed by atoms with Crippen LogP contribution in [0.5, 0.6) is 11.5 Å². The Morgan fingerprint density at radius 3 is 1.12 bits per heavy atom. The van der Waals surface area contributed by atoms with E-state index in [1.807, 2.05) is 82.7 Å². The molecule has 6 heteroatoms. The zero-order valence-electron chi connectivity index (χ0n) is 25.7. The van der Waals surface area contributed by atoms with Crippen molar-refractivity contribution in [1.29, 1.82) is 0 Å². The third-order valence-corrected chi connectivity index (χ3v) is 8.04. The molecule has 2 heterocycles. The van der Waals surface area contributed by atoms with Crippen LogP contribution in [0.4, 0.5) is 0 Å². The Morgan fingerprint density at radius 2 is 0.729 bits per heavy atom. The fraction of sp³-hybridized carbons (Fsp3) is 0. The zero-order valence-corrected chi connectivity index (χ0v) is 27.2. The van der Waals surface area contributed by atoms with Gasteiger partial charge in [-0.05, 0) is 44.8 Å². The van der Waals surface area contributed by atoms with Crippen LogP contribution in [0.3, 0.4) is 0 Å². The topological polar surface area (TPSA) is 44.9 Å². The summed E-state index contributed by atoms with van der Waals surface area (Å²) in [5.41, 5.74) is 10.6. The van der Waals surface area contributed by atoms with Crippen LogP contribution in [0.1, 0.15) is 0 Å². The van der Waals surface area contributed by atoms with Crippen LogP contribution >= 0.6 is 0 Å². The van der Waals surface area contributed by atoms with Crippen molar-refractivity contribution >= 4 is 0 Å². The van der Waals surface area contributed by atoms with E-state index in [-0.39, 0.29) is 20.4 Å². The Balaban J connectivity index is 0.00000364. The smallest absolute Gasteiger partial charge is 0.509 e. The minimum Gasteiger partial charge on any atom is -0.509 e. The number of ether oxygens (including phenoxy) is 1. The molecule has 0 saturated carbocycles. The van der Waals surface area contributed by atoms with E-state index in [0.29, 0.717) is 11.5 Å². The Morgan fingerprint density at radius 1 is 0.375 bits per heavy atom. The Hall–Kier alpha value is -5.80. The van der Waals surface area contributed by atoms with E-state index in [4.69, 9.17) is 4.74 Å². The summed E-state index contributed by atoms with van der Waals surface area (Å²) < 4.78 is 9.82. The van der Waals surface area contributed by atoms with E-state index in [0.717, 1.165) is 33.6 Å². The molecule has 0 aliphatic heterocycles. The van der Waals surface area contributed by atoms with Gasteiger partial charge in [-0.15, -0.1) is 36.4 Å². The van der Waals surface area contributed by atoms with Gasteiger partial charge < -0.3 is 4.74 Å².